The molecule has 0 atom stereocenters. The number of hydrogen-bond donors (Lipinski definition) is 1. The zero-order chi connectivity index (χ0) is 35.7. The summed E-state index contributed by atoms with van der Waals surface area (Å²) in [4.78, 5) is 9.96. The molecule has 5 aromatic carbocycles. The Hall–Kier alpha value is -4.53. The second-order valence-corrected chi connectivity index (χ2v) is 15.9. The van der Waals surface area contributed by atoms with Crippen molar-refractivity contribution in [1.82, 2.24) is 9.97 Å². The van der Waals surface area contributed by atoms with Crippen LogP contribution in [0.1, 0.15) is 74.9 Å². The fraction of sp³-hybridized carbons (Fsp3) is 0.261. The summed E-state index contributed by atoms with van der Waals surface area (Å²) in [5.41, 5.74) is 16.2. The Morgan fingerprint density at radius 3 is 1.92 bits per heavy atom. The van der Waals surface area contributed by atoms with Crippen LogP contribution in [-0.4, -0.2) is 15.1 Å². The average molecular weight is 853 g/mol. The van der Waals surface area contributed by atoms with Gasteiger partial charge in [-0.3, -0.25) is 4.98 Å². The minimum absolute atomic E-state index is 0. The number of hydrogen-bond acceptors (Lipinski definition) is 4. The second kappa shape index (κ2) is 13.2. The van der Waals surface area contributed by atoms with Crippen LogP contribution in [0.3, 0.4) is 0 Å². The van der Waals surface area contributed by atoms with E-state index in [1.807, 2.05) is 18.3 Å². The minimum Gasteiger partial charge on any atom is -0.507 e. The van der Waals surface area contributed by atoms with Gasteiger partial charge < -0.3 is 9.52 Å². The molecule has 51 heavy (non-hydrogen) atoms. The fourth-order valence-electron chi connectivity index (χ4n) is 7.11. The molecule has 2 aromatic heterocycles. The molecule has 0 saturated carbocycles. The van der Waals surface area contributed by atoms with Crippen molar-refractivity contribution in [3.05, 3.63) is 125 Å². The zero-order valence-corrected chi connectivity index (χ0v) is 33.4. The number of nitrogens with zero attached hydrogens (tertiary/aromatic N) is 2. The van der Waals surface area contributed by atoms with Gasteiger partial charge in [-0.05, 0) is 113 Å². The van der Waals surface area contributed by atoms with Gasteiger partial charge in [0, 0.05) is 32.8 Å². The summed E-state index contributed by atoms with van der Waals surface area (Å²) >= 11 is 0. The van der Waals surface area contributed by atoms with Gasteiger partial charge in [-0.25, -0.2) is 4.98 Å². The van der Waals surface area contributed by atoms with Crippen molar-refractivity contribution in [1.29, 1.82) is 0 Å². The van der Waals surface area contributed by atoms with E-state index in [2.05, 4.69) is 136 Å². The second-order valence-electron chi connectivity index (χ2n) is 15.9. The Bertz CT molecular complexity index is 2440. The van der Waals surface area contributed by atoms with E-state index in [0.29, 0.717) is 17.0 Å². The molecule has 0 spiro atoms. The molecule has 0 amide bonds. The van der Waals surface area contributed by atoms with Gasteiger partial charge in [0.05, 0.1) is 11.1 Å². The van der Waals surface area contributed by atoms with Crippen LogP contribution in [0.2, 0.25) is 0 Å². The van der Waals surface area contributed by atoms with Crippen molar-refractivity contribution < 1.29 is 30.6 Å². The molecule has 0 fully saturated rings. The normalized spacial score (nSPS) is 12.0. The third-order valence-corrected chi connectivity index (χ3v) is 9.86. The number of oxazole rings is 1. The summed E-state index contributed by atoms with van der Waals surface area (Å²) in [6, 6.07) is 31.2. The van der Waals surface area contributed by atoms with Crippen LogP contribution in [0.5, 0.6) is 5.75 Å². The van der Waals surface area contributed by atoms with Crippen molar-refractivity contribution in [2.75, 3.05) is 0 Å². The van der Waals surface area contributed by atoms with Crippen molar-refractivity contribution in [3.63, 3.8) is 0 Å². The molecule has 0 aliphatic rings. The van der Waals surface area contributed by atoms with E-state index in [1.165, 1.54) is 33.4 Å². The molecular weight excluding hydrogens is 808 g/mol. The van der Waals surface area contributed by atoms with Gasteiger partial charge >= 0.3 is 0 Å². The Balaban J connectivity index is 0.00000448. The smallest absolute Gasteiger partial charge is 0.230 e. The standard InChI is InChI=1S/C46H45N2O2.Pt/c1-26-18-28(3)41(29(4)19-26)32-21-35-27(2)16-17-47-42(35)36(22-32)30-12-11-13-31(20-30)37-24-34(46(8,9)10)25-40-43(37)48-44(50-40)38-23-33(45(5,6)7)14-15-39(38)49;/h11-19,21-25,49H,1-10H3;/q-1;. The van der Waals surface area contributed by atoms with E-state index >= 15 is 0 Å². The van der Waals surface area contributed by atoms with Gasteiger partial charge in [0.1, 0.15) is 11.3 Å². The fourth-order valence-corrected chi connectivity index (χ4v) is 7.11. The van der Waals surface area contributed by atoms with Gasteiger partial charge in [-0.1, -0.05) is 88.6 Å². The maximum atomic E-state index is 11.0. The first-order chi connectivity index (χ1) is 23.6. The molecule has 0 unspecified atom stereocenters. The van der Waals surface area contributed by atoms with Crippen LogP contribution < -0.4 is 0 Å². The molecule has 0 radical (unpaired) electrons. The summed E-state index contributed by atoms with van der Waals surface area (Å²) in [6.45, 7) is 21.8. The van der Waals surface area contributed by atoms with E-state index in [0.717, 1.165) is 49.8 Å². The first-order valence-corrected chi connectivity index (χ1v) is 17.4. The maximum absolute atomic E-state index is 11.0. The molecule has 5 heteroatoms. The summed E-state index contributed by atoms with van der Waals surface area (Å²) in [6.07, 6.45) is 1.89. The molecule has 7 aromatic rings. The summed E-state index contributed by atoms with van der Waals surface area (Å²) in [5.74, 6) is 0.540. The van der Waals surface area contributed by atoms with Crippen LogP contribution in [0.4, 0.5) is 0 Å². The predicted octanol–water partition coefficient (Wildman–Crippen LogP) is 12.4. The Kier molecular flexibility index (Phi) is 9.40. The van der Waals surface area contributed by atoms with E-state index in [1.54, 1.807) is 6.07 Å². The number of aromatic nitrogens is 2. The minimum atomic E-state index is -0.141. The van der Waals surface area contributed by atoms with Gasteiger partial charge in [0.15, 0.2) is 0 Å². The monoisotopic (exact) mass is 852 g/mol. The van der Waals surface area contributed by atoms with Crippen LogP contribution in [-0.2, 0) is 31.9 Å². The SMILES string of the molecule is Cc1cc(C)c(-c2cc(-c3[c-]c(-c4cc(C(C)(C)C)cc5oc(-c6cc(C(C)(C)C)ccc6O)nc45)ccc3)c3nccc(C)c3c2)c(C)c1.[Pt]. The molecule has 262 valence electrons. The zero-order valence-electron chi connectivity index (χ0n) is 31.1. The number of pyridine rings is 1. The summed E-state index contributed by atoms with van der Waals surface area (Å²) in [5, 5.41) is 12.1. The van der Waals surface area contributed by atoms with E-state index in [-0.39, 0.29) is 37.6 Å². The third-order valence-electron chi connectivity index (χ3n) is 9.86. The Morgan fingerprint density at radius 1 is 0.647 bits per heavy atom. The topological polar surface area (TPSA) is 59.2 Å². The van der Waals surface area contributed by atoms with Gasteiger partial charge in [0.25, 0.3) is 0 Å². The quantitative estimate of drug-likeness (QED) is 0.179. The number of aromatic hydroxyl groups is 1. The molecule has 0 aliphatic carbocycles. The van der Waals surface area contributed by atoms with Crippen LogP contribution in [0.25, 0.3) is 66.8 Å². The van der Waals surface area contributed by atoms with Gasteiger partial charge in [0.2, 0.25) is 5.89 Å². The molecular formula is C46H45N2O2Pt-. The van der Waals surface area contributed by atoms with E-state index < -0.39 is 0 Å². The number of benzene rings is 5. The van der Waals surface area contributed by atoms with Crippen LogP contribution >= 0.6 is 0 Å². The van der Waals surface area contributed by atoms with Crippen molar-refractivity contribution in [2.24, 2.45) is 0 Å². The van der Waals surface area contributed by atoms with Crippen molar-refractivity contribution in [3.8, 4) is 50.6 Å². The maximum Gasteiger partial charge on any atom is 0.230 e. The average Bonchev–Trinajstić information content (AvgIpc) is 3.47. The number of phenolic OH excluding ortho intramolecular Hbond substituents is 1. The largest absolute Gasteiger partial charge is 0.507 e. The predicted molar refractivity (Wildman–Crippen MR) is 208 cm³/mol. The third kappa shape index (κ3) is 6.79. The molecule has 0 aliphatic heterocycles. The number of phenols is 1. The molecule has 4 nitrogen and oxygen atoms in total. The molecule has 7 rings (SSSR count). The molecule has 2 heterocycles. The van der Waals surface area contributed by atoms with Crippen molar-refractivity contribution in [2.45, 2.75) is 80.1 Å². The van der Waals surface area contributed by atoms with Crippen LogP contribution in [0.15, 0.2) is 89.5 Å². The van der Waals surface area contributed by atoms with Gasteiger partial charge in [-0.15, -0.1) is 35.4 Å². The summed E-state index contributed by atoms with van der Waals surface area (Å²) in [7, 11) is 0. The van der Waals surface area contributed by atoms with Gasteiger partial charge in [-0.2, -0.15) is 0 Å². The number of fused-ring (bicyclic) bond motifs is 2. The van der Waals surface area contributed by atoms with Crippen molar-refractivity contribution >= 4 is 22.0 Å². The summed E-state index contributed by atoms with van der Waals surface area (Å²) < 4.78 is 6.49. The first-order valence-electron chi connectivity index (χ1n) is 17.4. The Labute approximate surface area is 316 Å². The number of rotatable bonds is 4. The van der Waals surface area contributed by atoms with Crippen LogP contribution in [0, 0.1) is 33.8 Å². The number of aryl methyl sites for hydroxylation is 4. The first kappa shape index (κ1) is 36.3. The van der Waals surface area contributed by atoms with E-state index in [4.69, 9.17) is 14.4 Å². The van der Waals surface area contributed by atoms with E-state index in [9.17, 15) is 5.11 Å². The molecule has 1 N–H and O–H groups in total. The molecule has 0 bridgehead atoms. The Morgan fingerprint density at radius 2 is 1.27 bits per heavy atom. The molecule has 0 saturated heterocycles.